The lowest BCUT2D eigenvalue weighted by Gasteiger charge is -1.94. The van der Waals surface area contributed by atoms with E-state index < -0.39 is 0 Å². The Balaban J connectivity index is -0.000000117. The standard InChI is InChI=1S/C4H8O2.3C2H6/c1-4-5-2-3-6-4;3*1-2/h4H,2-3H2,1H3;3*1-2H3. The summed E-state index contributed by atoms with van der Waals surface area (Å²) in [6.45, 7) is 15.4. The molecule has 1 rings (SSSR count). The maximum Gasteiger partial charge on any atom is 0.155 e. The van der Waals surface area contributed by atoms with Crippen LogP contribution in [-0.4, -0.2) is 19.5 Å². The fourth-order valence-electron chi connectivity index (χ4n) is 0.476. The van der Waals surface area contributed by atoms with E-state index in [0.717, 1.165) is 13.2 Å². The van der Waals surface area contributed by atoms with Crippen LogP contribution in [0.15, 0.2) is 0 Å². The summed E-state index contributed by atoms with van der Waals surface area (Å²) in [5.41, 5.74) is 0. The molecule has 0 unspecified atom stereocenters. The van der Waals surface area contributed by atoms with Gasteiger partial charge in [0.25, 0.3) is 0 Å². The smallest absolute Gasteiger partial charge is 0.155 e. The van der Waals surface area contributed by atoms with Crippen molar-refractivity contribution in [2.75, 3.05) is 13.2 Å². The van der Waals surface area contributed by atoms with Crippen molar-refractivity contribution < 1.29 is 9.47 Å². The largest absolute Gasteiger partial charge is 0.351 e. The minimum Gasteiger partial charge on any atom is -0.351 e. The molecule has 0 saturated carbocycles. The van der Waals surface area contributed by atoms with E-state index in [-0.39, 0.29) is 6.29 Å². The van der Waals surface area contributed by atoms with Crippen LogP contribution in [0, 0.1) is 0 Å². The zero-order chi connectivity index (χ0) is 10.4. The summed E-state index contributed by atoms with van der Waals surface area (Å²) in [4.78, 5) is 0. The zero-order valence-electron chi connectivity index (χ0n) is 9.81. The third-order valence-electron chi connectivity index (χ3n) is 0.788. The molecule has 0 spiro atoms. The maximum absolute atomic E-state index is 4.93. The Morgan fingerprint density at radius 2 is 1.00 bits per heavy atom. The fourth-order valence-corrected chi connectivity index (χ4v) is 0.476. The van der Waals surface area contributed by atoms with E-state index in [2.05, 4.69) is 0 Å². The van der Waals surface area contributed by atoms with Crippen molar-refractivity contribution in [2.45, 2.75) is 54.8 Å². The van der Waals surface area contributed by atoms with Crippen LogP contribution in [0.3, 0.4) is 0 Å². The molecule has 12 heavy (non-hydrogen) atoms. The molecule has 2 nitrogen and oxygen atoms in total. The summed E-state index contributed by atoms with van der Waals surface area (Å²) in [6.07, 6.45) is 0.0463. The van der Waals surface area contributed by atoms with E-state index in [1.807, 2.05) is 48.5 Å². The molecule has 0 bridgehead atoms. The summed E-state index contributed by atoms with van der Waals surface area (Å²) < 4.78 is 9.86. The van der Waals surface area contributed by atoms with Gasteiger partial charge in [0.15, 0.2) is 6.29 Å². The molecular formula is C10H26O2. The van der Waals surface area contributed by atoms with Gasteiger partial charge in [0, 0.05) is 0 Å². The molecule has 1 aliphatic heterocycles. The first-order chi connectivity index (χ1) is 5.89. The second kappa shape index (κ2) is 22.4. The SMILES string of the molecule is CC.CC.CC.CC1OCCO1. The molecule has 1 aliphatic rings. The lowest BCUT2D eigenvalue weighted by Crippen LogP contribution is -1.97. The van der Waals surface area contributed by atoms with Gasteiger partial charge in [0.1, 0.15) is 0 Å². The molecule has 1 saturated heterocycles. The molecule has 0 aromatic heterocycles. The molecule has 0 amide bonds. The Morgan fingerprint density at radius 1 is 0.750 bits per heavy atom. The van der Waals surface area contributed by atoms with E-state index in [1.54, 1.807) is 0 Å². The highest BCUT2D eigenvalue weighted by Gasteiger charge is 2.07. The second-order valence-electron chi connectivity index (χ2n) is 1.31. The summed E-state index contributed by atoms with van der Waals surface area (Å²) in [7, 11) is 0. The summed E-state index contributed by atoms with van der Waals surface area (Å²) >= 11 is 0. The van der Waals surface area contributed by atoms with Crippen LogP contribution in [0.4, 0.5) is 0 Å². The maximum atomic E-state index is 4.93. The van der Waals surface area contributed by atoms with E-state index in [1.165, 1.54) is 0 Å². The average molecular weight is 178 g/mol. The Morgan fingerprint density at radius 3 is 1.08 bits per heavy atom. The highest BCUT2D eigenvalue weighted by Crippen LogP contribution is 1.99. The van der Waals surface area contributed by atoms with Crippen LogP contribution < -0.4 is 0 Å². The highest BCUT2D eigenvalue weighted by molar-refractivity contribution is 4.40. The molecule has 0 N–H and O–H groups in total. The normalized spacial score (nSPS) is 14.2. The van der Waals surface area contributed by atoms with Crippen LogP contribution in [0.25, 0.3) is 0 Å². The molecule has 0 radical (unpaired) electrons. The second-order valence-corrected chi connectivity index (χ2v) is 1.31. The Bertz CT molecular complexity index is 41.1. The van der Waals surface area contributed by atoms with Gasteiger partial charge in [-0.1, -0.05) is 41.5 Å². The number of ether oxygens (including phenoxy) is 2. The molecule has 0 aliphatic carbocycles. The summed E-state index contributed by atoms with van der Waals surface area (Å²) in [5.74, 6) is 0. The molecule has 1 heterocycles. The Kier molecular flexibility index (Phi) is 33.4. The molecule has 1 fully saturated rings. The van der Waals surface area contributed by atoms with Gasteiger partial charge in [-0.3, -0.25) is 0 Å². The van der Waals surface area contributed by atoms with E-state index in [0.29, 0.717) is 0 Å². The fraction of sp³-hybridized carbons (Fsp3) is 1.00. The van der Waals surface area contributed by atoms with E-state index in [4.69, 9.17) is 9.47 Å². The Hall–Kier alpha value is -0.0800. The first-order valence-electron chi connectivity index (χ1n) is 5.13. The first-order valence-corrected chi connectivity index (χ1v) is 5.13. The minimum atomic E-state index is 0.0463. The van der Waals surface area contributed by atoms with Gasteiger partial charge in [0.2, 0.25) is 0 Å². The van der Waals surface area contributed by atoms with Crippen LogP contribution in [0.2, 0.25) is 0 Å². The first kappa shape index (κ1) is 17.9. The van der Waals surface area contributed by atoms with Crippen molar-refractivity contribution in [2.24, 2.45) is 0 Å². The zero-order valence-corrected chi connectivity index (χ0v) is 9.81. The van der Waals surface area contributed by atoms with Crippen LogP contribution in [0.5, 0.6) is 0 Å². The van der Waals surface area contributed by atoms with Gasteiger partial charge in [-0.2, -0.15) is 0 Å². The lowest BCUT2D eigenvalue weighted by molar-refractivity contribution is -0.0254. The third kappa shape index (κ3) is 16.5. The van der Waals surface area contributed by atoms with Crippen molar-refractivity contribution in [3.63, 3.8) is 0 Å². The van der Waals surface area contributed by atoms with Crippen LogP contribution >= 0.6 is 0 Å². The number of hydrogen-bond acceptors (Lipinski definition) is 2. The molecule has 0 atom stereocenters. The average Bonchev–Trinajstić information content (AvgIpc) is 2.66. The number of hydrogen-bond donors (Lipinski definition) is 0. The van der Waals surface area contributed by atoms with Crippen molar-refractivity contribution >= 4 is 0 Å². The summed E-state index contributed by atoms with van der Waals surface area (Å²) in [6, 6.07) is 0. The van der Waals surface area contributed by atoms with E-state index in [9.17, 15) is 0 Å². The number of rotatable bonds is 0. The predicted molar refractivity (Wildman–Crippen MR) is 55.4 cm³/mol. The highest BCUT2D eigenvalue weighted by atomic mass is 16.7. The molecule has 0 aromatic rings. The molecule has 0 aromatic carbocycles. The predicted octanol–water partition coefficient (Wildman–Crippen LogP) is 3.46. The summed E-state index contributed by atoms with van der Waals surface area (Å²) in [5, 5.41) is 0. The van der Waals surface area contributed by atoms with Crippen molar-refractivity contribution in [3.05, 3.63) is 0 Å². The van der Waals surface area contributed by atoms with Gasteiger partial charge in [0.05, 0.1) is 13.2 Å². The molecule has 2 heteroatoms. The van der Waals surface area contributed by atoms with Crippen LogP contribution in [-0.2, 0) is 9.47 Å². The van der Waals surface area contributed by atoms with Crippen molar-refractivity contribution in [1.29, 1.82) is 0 Å². The lowest BCUT2D eigenvalue weighted by atomic mass is 10.8. The Labute approximate surface area is 78.3 Å². The van der Waals surface area contributed by atoms with Gasteiger partial charge in [-0.05, 0) is 6.92 Å². The molecule has 78 valence electrons. The van der Waals surface area contributed by atoms with Gasteiger partial charge >= 0.3 is 0 Å². The monoisotopic (exact) mass is 178 g/mol. The molecular weight excluding hydrogens is 152 g/mol. The van der Waals surface area contributed by atoms with Gasteiger partial charge in [-0.15, -0.1) is 0 Å². The third-order valence-corrected chi connectivity index (χ3v) is 0.788. The van der Waals surface area contributed by atoms with Gasteiger partial charge < -0.3 is 9.47 Å². The van der Waals surface area contributed by atoms with Crippen molar-refractivity contribution in [1.82, 2.24) is 0 Å². The van der Waals surface area contributed by atoms with Crippen molar-refractivity contribution in [3.8, 4) is 0 Å². The van der Waals surface area contributed by atoms with Gasteiger partial charge in [-0.25, -0.2) is 0 Å². The van der Waals surface area contributed by atoms with Crippen LogP contribution in [0.1, 0.15) is 48.5 Å². The van der Waals surface area contributed by atoms with E-state index >= 15 is 0 Å². The quantitative estimate of drug-likeness (QED) is 0.565. The minimum absolute atomic E-state index is 0.0463. The topological polar surface area (TPSA) is 18.5 Å².